The minimum absolute atomic E-state index is 0.241. The first-order valence-electron chi connectivity index (χ1n) is 5.99. The highest BCUT2D eigenvalue weighted by Gasteiger charge is 2.26. The van der Waals surface area contributed by atoms with Crippen LogP contribution >= 0.6 is 11.8 Å². The molecular weight excluding hydrogens is 216 g/mol. The van der Waals surface area contributed by atoms with Crippen LogP contribution in [0.2, 0.25) is 0 Å². The van der Waals surface area contributed by atoms with Gasteiger partial charge in [0.15, 0.2) is 5.78 Å². The predicted molar refractivity (Wildman–Crippen MR) is 75.0 cm³/mol. The molecule has 0 radical (unpaired) electrons. The van der Waals surface area contributed by atoms with Gasteiger partial charge in [-0.25, -0.2) is 0 Å². The predicted octanol–water partition coefficient (Wildman–Crippen LogP) is 4.39. The van der Waals surface area contributed by atoms with Crippen molar-refractivity contribution in [2.75, 3.05) is 5.75 Å². The van der Waals surface area contributed by atoms with Gasteiger partial charge in [0.05, 0.1) is 4.75 Å². The Morgan fingerprint density at radius 2 is 2.00 bits per heavy atom. The molecule has 92 valence electrons. The van der Waals surface area contributed by atoms with Crippen molar-refractivity contribution in [2.24, 2.45) is 0 Å². The van der Waals surface area contributed by atoms with E-state index < -0.39 is 0 Å². The minimum Gasteiger partial charge on any atom is -0.298 e. The van der Waals surface area contributed by atoms with Crippen LogP contribution in [0.25, 0.3) is 0 Å². The van der Waals surface area contributed by atoms with E-state index in [1.165, 1.54) is 12.8 Å². The number of thioether (sulfide) groups is 1. The Kier molecular flexibility index (Phi) is 8.36. The quantitative estimate of drug-likeness (QED) is 0.462. The molecule has 2 heteroatoms. The van der Waals surface area contributed by atoms with Crippen molar-refractivity contribution in [3.8, 4) is 0 Å². The molecule has 0 saturated heterocycles. The van der Waals surface area contributed by atoms with Gasteiger partial charge >= 0.3 is 0 Å². The molecule has 0 aromatic carbocycles. The second-order valence-corrected chi connectivity index (χ2v) is 6.01. The molecule has 0 fully saturated rings. The lowest BCUT2D eigenvalue weighted by Gasteiger charge is -2.21. The number of rotatable bonds is 8. The van der Waals surface area contributed by atoms with Gasteiger partial charge in [-0.05, 0) is 32.9 Å². The van der Waals surface area contributed by atoms with Gasteiger partial charge in [-0.2, -0.15) is 0 Å². The van der Waals surface area contributed by atoms with Crippen LogP contribution in [0.1, 0.15) is 47.0 Å². The molecule has 0 atom stereocenters. The summed E-state index contributed by atoms with van der Waals surface area (Å²) in [6, 6.07) is 0. The van der Waals surface area contributed by atoms with Crippen molar-refractivity contribution in [3.05, 3.63) is 24.3 Å². The summed E-state index contributed by atoms with van der Waals surface area (Å²) in [5, 5.41) is 0. The Hall–Kier alpha value is -0.500. The Morgan fingerprint density at radius 1 is 1.31 bits per heavy atom. The van der Waals surface area contributed by atoms with Gasteiger partial charge in [-0.1, -0.05) is 37.6 Å². The zero-order valence-electron chi connectivity index (χ0n) is 11.0. The molecule has 0 rings (SSSR count). The second kappa shape index (κ2) is 8.63. The summed E-state index contributed by atoms with van der Waals surface area (Å²) in [6.07, 6.45) is 10.7. The maximum atomic E-state index is 11.9. The highest BCUT2D eigenvalue weighted by Crippen LogP contribution is 2.27. The lowest BCUT2D eigenvalue weighted by atomic mass is 10.1. The third-order valence-electron chi connectivity index (χ3n) is 2.38. The molecule has 1 nitrogen and oxygen atoms in total. The van der Waals surface area contributed by atoms with Crippen molar-refractivity contribution in [2.45, 2.75) is 51.7 Å². The third-order valence-corrected chi connectivity index (χ3v) is 3.82. The average Bonchev–Trinajstić information content (AvgIpc) is 2.24. The van der Waals surface area contributed by atoms with E-state index in [2.05, 4.69) is 6.92 Å². The lowest BCUT2D eigenvalue weighted by Crippen LogP contribution is -2.27. The Bertz CT molecular complexity index is 251. The van der Waals surface area contributed by atoms with Crippen LogP contribution in [0.15, 0.2) is 24.3 Å². The number of ketones is 1. The molecule has 0 bridgehead atoms. The van der Waals surface area contributed by atoms with E-state index >= 15 is 0 Å². The van der Waals surface area contributed by atoms with Crippen LogP contribution in [-0.2, 0) is 4.79 Å². The molecule has 0 spiro atoms. The van der Waals surface area contributed by atoms with E-state index in [-0.39, 0.29) is 4.75 Å². The number of unbranched alkanes of at least 4 members (excludes halogenated alkanes) is 1. The summed E-state index contributed by atoms with van der Waals surface area (Å²) in [6.45, 7) is 8.20. The second-order valence-electron chi connectivity index (χ2n) is 4.29. The largest absolute Gasteiger partial charge is 0.298 e. The van der Waals surface area contributed by atoms with E-state index in [0.29, 0.717) is 12.2 Å². The average molecular weight is 240 g/mol. The number of carbonyl (C=O) groups is 1. The van der Waals surface area contributed by atoms with Gasteiger partial charge in [-0.3, -0.25) is 4.79 Å². The van der Waals surface area contributed by atoms with Crippen LogP contribution in [0.5, 0.6) is 0 Å². The monoisotopic (exact) mass is 240 g/mol. The van der Waals surface area contributed by atoms with Gasteiger partial charge in [0, 0.05) is 6.42 Å². The molecule has 0 aliphatic heterocycles. The van der Waals surface area contributed by atoms with Gasteiger partial charge in [0.2, 0.25) is 0 Å². The summed E-state index contributed by atoms with van der Waals surface area (Å²) in [5.41, 5.74) is 0. The number of allylic oxidation sites excluding steroid dienone is 4. The van der Waals surface area contributed by atoms with E-state index in [9.17, 15) is 4.79 Å². The van der Waals surface area contributed by atoms with Crippen molar-refractivity contribution in [1.82, 2.24) is 0 Å². The van der Waals surface area contributed by atoms with Crippen LogP contribution in [0.4, 0.5) is 0 Å². The number of hydrogen-bond acceptors (Lipinski definition) is 2. The SMILES string of the molecule is C/C=C\C=C/CC(=O)C(C)(C)SCCCC. The Labute approximate surface area is 104 Å². The van der Waals surface area contributed by atoms with E-state index in [1.54, 1.807) is 11.8 Å². The molecule has 0 aromatic rings. The van der Waals surface area contributed by atoms with E-state index in [1.807, 2.05) is 45.1 Å². The molecule has 0 heterocycles. The van der Waals surface area contributed by atoms with Gasteiger partial charge in [-0.15, -0.1) is 11.8 Å². The number of hydrogen-bond donors (Lipinski definition) is 0. The zero-order chi connectivity index (χ0) is 12.4. The fraction of sp³-hybridized carbons (Fsp3) is 0.643. The molecule has 0 saturated carbocycles. The third kappa shape index (κ3) is 6.89. The molecular formula is C14H24OS. The number of Topliss-reactive ketones (excluding diaryl/α,β-unsaturated/α-hetero) is 1. The zero-order valence-corrected chi connectivity index (χ0v) is 11.8. The minimum atomic E-state index is -0.241. The normalized spacial score (nSPS) is 12.8. The first-order valence-corrected chi connectivity index (χ1v) is 6.98. The van der Waals surface area contributed by atoms with Crippen LogP contribution in [-0.4, -0.2) is 16.3 Å². The maximum absolute atomic E-state index is 11.9. The molecule has 0 aliphatic rings. The Morgan fingerprint density at radius 3 is 2.56 bits per heavy atom. The molecule has 16 heavy (non-hydrogen) atoms. The molecule has 0 unspecified atom stereocenters. The summed E-state index contributed by atoms with van der Waals surface area (Å²) >= 11 is 1.77. The molecule has 0 aromatic heterocycles. The smallest absolute Gasteiger partial charge is 0.152 e. The lowest BCUT2D eigenvalue weighted by molar-refractivity contribution is -0.119. The highest BCUT2D eigenvalue weighted by molar-refractivity contribution is 8.01. The Balaban J connectivity index is 4.03. The van der Waals surface area contributed by atoms with Crippen LogP contribution < -0.4 is 0 Å². The van der Waals surface area contributed by atoms with Crippen molar-refractivity contribution in [3.63, 3.8) is 0 Å². The summed E-state index contributed by atoms with van der Waals surface area (Å²) in [4.78, 5) is 11.9. The maximum Gasteiger partial charge on any atom is 0.152 e. The van der Waals surface area contributed by atoms with Crippen molar-refractivity contribution >= 4 is 17.5 Å². The fourth-order valence-corrected chi connectivity index (χ4v) is 2.35. The van der Waals surface area contributed by atoms with Crippen molar-refractivity contribution in [1.29, 1.82) is 0 Å². The highest BCUT2D eigenvalue weighted by atomic mass is 32.2. The van der Waals surface area contributed by atoms with Gasteiger partial charge in [0.1, 0.15) is 0 Å². The fourth-order valence-electron chi connectivity index (χ4n) is 1.16. The van der Waals surface area contributed by atoms with Crippen LogP contribution in [0, 0.1) is 0 Å². The molecule has 0 N–H and O–H groups in total. The summed E-state index contributed by atoms with van der Waals surface area (Å²) in [7, 11) is 0. The topological polar surface area (TPSA) is 17.1 Å². The first kappa shape index (κ1) is 15.5. The van der Waals surface area contributed by atoms with Crippen LogP contribution in [0.3, 0.4) is 0 Å². The van der Waals surface area contributed by atoms with Gasteiger partial charge in [0.25, 0.3) is 0 Å². The molecule has 0 aliphatic carbocycles. The first-order chi connectivity index (χ1) is 7.54. The summed E-state index contributed by atoms with van der Waals surface area (Å²) in [5.74, 6) is 1.39. The van der Waals surface area contributed by atoms with Gasteiger partial charge < -0.3 is 0 Å². The van der Waals surface area contributed by atoms with E-state index in [4.69, 9.17) is 0 Å². The standard InChI is InChI=1S/C14H24OS/c1-5-7-9-10-11-13(15)14(3,4)16-12-8-6-2/h5,7,9-10H,6,8,11-12H2,1-4H3/b7-5-,10-9-. The van der Waals surface area contributed by atoms with E-state index in [0.717, 1.165) is 5.75 Å². The number of carbonyl (C=O) groups excluding carboxylic acids is 1. The summed E-state index contributed by atoms with van der Waals surface area (Å²) < 4.78 is -0.241. The van der Waals surface area contributed by atoms with Crippen molar-refractivity contribution < 1.29 is 4.79 Å². The molecule has 0 amide bonds.